The Morgan fingerprint density at radius 1 is 1.33 bits per heavy atom. The van der Waals surface area contributed by atoms with Crippen LogP contribution in [-0.2, 0) is 11.3 Å². The molecular weight excluding hydrogens is 286 g/mol. The van der Waals surface area contributed by atoms with Crippen molar-refractivity contribution in [2.75, 3.05) is 31.4 Å². The number of hydrogen-bond donors (Lipinski definition) is 1. The van der Waals surface area contributed by atoms with Gasteiger partial charge in [-0.15, -0.1) is 11.3 Å². The number of rotatable bonds is 5. The van der Waals surface area contributed by atoms with Crippen LogP contribution in [0.25, 0.3) is 0 Å². The Morgan fingerprint density at radius 2 is 2.00 bits per heavy atom. The van der Waals surface area contributed by atoms with Crippen LogP contribution in [0.5, 0.6) is 0 Å². The fraction of sp³-hybridized carbons (Fsp3) is 0.333. The molecule has 0 saturated heterocycles. The van der Waals surface area contributed by atoms with Gasteiger partial charge in [0.05, 0.1) is 12.3 Å². The molecule has 2 aromatic rings. The van der Waals surface area contributed by atoms with Gasteiger partial charge in [0.1, 0.15) is 9.88 Å². The van der Waals surface area contributed by atoms with Crippen LogP contribution >= 0.6 is 11.3 Å². The first-order chi connectivity index (χ1) is 10.0. The topological polar surface area (TPSA) is 54.5 Å². The molecule has 1 aromatic heterocycles. The number of nitrogens with zero attached hydrogens (tertiary/aromatic N) is 2. The Hall–Kier alpha value is -1.92. The van der Waals surface area contributed by atoms with Crippen molar-refractivity contribution in [2.24, 2.45) is 0 Å². The van der Waals surface area contributed by atoms with E-state index in [9.17, 15) is 4.79 Å². The van der Waals surface area contributed by atoms with Crippen LogP contribution in [0.2, 0.25) is 0 Å². The highest BCUT2D eigenvalue weighted by molar-refractivity contribution is 7.13. The summed E-state index contributed by atoms with van der Waals surface area (Å²) in [6.07, 6.45) is 0. The molecule has 1 amide bonds. The van der Waals surface area contributed by atoms with Gasteiger partial charge in [-0.25, -0.2) is 4.98 Å². The molecule has 0 radical (unpaired) electrons. The Labute approximate surface area is 128 Å². The summed E-state index contributed by atoms with van der Waals surface area (Å²) in [6, 6.07) is 7.70. The zero-order valence-electron chi connectivity index (χ0n) is 12.6. The monoisotopic (exact) mass is 305 g/mol. The Balaban J connectivity index is 2.10. The summed E-state index contributed by atoms with van der Waals surface area (Å²) in [6.45, 7) is 2.26. The number of benzene rings is 1. The predicted octanol–water partition coefficient (Wildman–Crippen LogP) is 2.92. The lowest BCUT2D eigenvalue weighted by atomic mass is 10.2. The van der Waals surface area contributed by atoms with Gasteiger partial charge in [-0.05, 0) is 31.2 Å². The van der Waals surface area contributed by atoms with Crippen molar-refractivity contribution in [1.82, 2.24) is 4.98 Å². The molecular formula is C15H19N3O2S. The van der Waals surface area contributed by atoms with E-state index in [4.69, 9.17) is 4.74 Å². The SMILES string of the molecule is COCc1nc(C)c(C(=O)Nc2ccc(N(C)C)cc2)s1. The van der Waals surface area contributed by atoms with Gasteiger partial charge in [-0.1, -0.05) is 0 Å². The lowest BCUT2D eigenvalue weighted by Gasteiger charge is -2.12. The van der Waals surface area contributed by atoms with Gasteiger partial charge in [0.2, 0.25) is 0 Å². The number of anilines is 2. The number of carbonyl (C=O) groups excluding carboxylic acids is 1. The molecule has 0 spiro atoms. The van der Waals surface area contributed by atoms with Crippen molar-refractivity contribution in [2.45, 2.75) is 13.5 Å². The molecule has 6 heteroatoms. The first-order valence-corrected chi connectivity index (χ1v) is 7.37. The van der Waals surface area contributed by atoms with Crippen LogP contribution in [0.4, 0.5) is 11.4 Å². The third-order valence-corrected chi connectivity index (χ3v) is 4.09. The van der Waals surface area contributed by atoms with Crippen LogP contribution in [0.3, 0.4) is 0 Å². The lowest BCUT2D eigenvalue weighted by Crippen LogP contribution is -2.12. The number of hydrogen-bond acceptors (Lipinski definition) is 5. The van der Waals surface area contributed by atoms with E-state index in [1.807, 2.05) is 50.2 Å². The van der Waals surface area contributed by atoms with Gasteiger partial charge in [-0.2, -0.15) is 0 Å². The van der Waals surface area contributed by atoms with Crippen LogP contribution in [-0.4, -0.2) is 32.1 Å². The molecule has 2 rings (SSSR count). The highest BCUT2D eigenvalue weighted by Crippen LogP contribution is 2.21. The van der Waals surface area contributed by atoms with E-state index >= 15 is 0 Å². The minimum Gasteiger partial charge on any atom is -0.378 e. The number of methoxy groups -OCH3 is 1. The fourth-order valence-corrected chi connectivity index (χ4v) is 2.81. The average molecular weight is 305 g/mol. The maximum atomic E-state index is 12.3. The number of aryl methyl sites for hydroxylation is 1. The zero-order valence-corrected chi connectivity index (χ0v) is 13.5. The van der Waals surface area contributed by atoms with Gasteiger partial charge in [0, 0.05) is 32.6 Å². The highest BCUT2D eigenvalue weighted by atomic mass is 32.1. The number of thiazole rings is 1. The molecule has 0 atom stereocenters. The Morgan fingerprint density at radius 3 is 2.57 bits per heavy atom. The van der Waals surface area contributed by atoms with Crippen molar-refractivity contribution in [3.8, 4) is 0 Å². The van der Waals surface area contributed by atoms with E-state index in [1.54, 1.807) is 7.11 Å². The first-order valence-electron chi connectivity index (χ1n) is 6.55. The average Bonchev–Trinajstić information content (AvgIpc) is 2.81. The molecule has 1 aromatic carbocycles. The second-order valence-electron chi connectivity index (χ2n) is 4.85. The summed E-state index contributed by atoms with van der Waals surface area (Å²) >= 11 is 1.36. The summed E-state index contributed by atoms with van der Waals surface area (Å²) < 4.78 is 5.04. The summed E-state index contributed by atoms with van der Waals surface area (Å²) in [5.41, 5.74) is 2.59. The molecule has 21 heavy (non-hydrogen) atoms. The molecule has 0 aliphatic heterocycles. The fourth-order valence-electron chi connectivity index (χ4n) is 1.88. The Bertz CT molecular complexity index is 620. The van der Waals surface area contributed by atoms with Crippen molar-refractivity contribution in [3.63, 3.8) is 0 Å². The lowest BCUT2D eigenvalue weighted by molar-refractivity contribution is 0.103. The summed E-state index contributed by atoms with van der Waals surface area (Å²) in [5.74, 6) is -0.134. The van der Waals surface area contributed by atoms with Gasteiger partial charge in [0.25, 0.3) is 5.91 Å². The standard InChI is InChI=1S/C15H19N3O2S/c1-10-14(21-13(16-10)9-20-4)15(19)17-11-5-7-12(8-6-11)18(2)3/h5-8H,9H2,1-4H3,(H,17,19). The number of ether oxygens (including phenoxy) is 1. The van der Waals surface area contributed by atoms with Gasteiger partial charge in [-0.3, -0.25) is 4.79 Å². The van der Waals surface area contributed by atoms with E-state index in [1.165, 1.54) is 11.3 Å². The van der Waals surface area contributed by atoms with Crippen LogP contribution in [0.1, 0.15) is 20.4 Å². The molecule has 0 bridgehead atoms. The van der Waals surface area contributed by atoms with Crippen LogP contribution < -0.4 is 10.2 Å². The second kappa shape index (κ2) is 6.69. The minimum absolute atomic E-state index is 0.134. The van der Waals surface area contributed by atoms with Crippen molar-refractivity contribution >= 4 is 28.6 Å². The van der Waals surface area contributed by atoms with Gasteiger partial charge in [0.15, 0.2) is 0 Å². The predicted molar refractivity (Wildman–Crippen MR) is 86.3 cm³/mol. The minimum atomic E-state index is -0.134. The molecule has 112 valence electrons. The highest BCUT2D eigenvalue weighted by Gasteiger charge is 2.15. The van der Waals surface area contributed by atoms with E-state index in [-0.39, 0.29) is 5.91 Å². The third kappa shape index (κ3) is 3.80. The quantitative estimate of drug-likeness (QED) is 0.923. The summed E-state index contributed by atoms with van der Waals surface area (Å²) in [5, 5.41) is 3.70. The maximum Gasteiger partial charge on any atom is 0.267 e. The molecule has 5 nitrogen and oxygen atoms in total. The summed E-state index contributed by atoms with van der Waals surface area (Å²) in [7, 11) is 5.57. The molecule has 0 aliphatic carbocycles. The number of nitrogens with one attached hydrogen (secondary N) is 1. The van der Waals surface area contributed by atoms with Gasteiger partial charge >= 0.3 is 0 Å². The smallest absolute Gasteiger partial charge is 0.267 e. The van der Waals surface area contributed by atoms with Crippen molar-refractivity contribution in [1.29, 1.82) is 0 Å². The first kappa shape index (κ1) is 15.5. The van der Waals surface area contributed by atoms with E-state index < -0.39 is 0 Å². The third-order valence-electron chi connectivity index (χ3n) is 2.96. The van der Waals surface area contributed by atoms with E-state index in [0.29, 0.717) is 11.5 Å². The molecule has 0 aliphatic rings. The van der Waals surface area contributed by atoms with E-state index in [2.05, 4.69) is 10.3 Å². The molecule has 1 heterocycles. The van der Waals surface area contributed by atoms with Crippen LogP contribution in [0.15, 0.2) is 24.3 Å². The Kier molecular flexibility index (Phi) is 4.93. The molecule has 0 saturated carbocycles. The number of aromatic nitrogens is 1. The largest absolute Gasteiger partial charge is 0.378 e. The van der Waals surface area contributed by atoms with Crippen LogP contribution in [0, 0.1) is 6.92 Å². The summed E-state index contributed by atoms with van der Waals surface area (Å²) in [4.78, 5) is 19.2. The number of carbonyl (C=O) groups is 1. The molecule has 0 unspecified atom stereocenters. The second-order valence-corrected chi connectivity index (χ2v) is 5.93. The molecule has 0 fully saturated rings. The maximum absolute atomic E-state index is 12.3. The van der Waals surface area contributed by atoms with Crippen molar-refractivity contribution in [3.05, 3.63) is 39.8 Å². The van der Waals surface area contributed by atoms with Gasteiger partial charge < -0.3 is 15.0 Å². The number of amides is 1. The molecule has 1 N–H and O–H groups in total. The normalized spacial score (nSPS) is 10.5. The van der Waals surface area contributed by atoms with Crippen molar-refractivity contribution < 1.29 is 9.53 Å². The van der Waals surface area contributed by atoms with E-state index in [0.717, 1.165) is 22.1 Å². The zero-order chi connectivity index (χ0) is 15.4.